The van der Waals surface area contributed by atoms with Crippen molar-refractivity contribution in [2.75, 3.05) is 5.32 Å². The molecule has 1 aromatic heterocycles. The van der Waals surface area contributed by atoms with Crippen LogP contribution in [0, 0.1) is 11.6 Å². The highest BCUT2D eigenvalue weighted by molar-refractivity contribution is 6.30. The van der Waals surface area contributed by atoms with Crippen LogP contribution < -0.4 is 16.6 Å². The average molecular weight is 419 g/mol. The summed E-state index contributed by atoms with van der Waals surface area (Å²) in [7, 11) is 0. The molecule has 0 fully saturated rings. The van der Waals surface area contributed by atoms with E-state index >= 15 is 0 Å². The average Bonchev–Trinajstić information content (AvgIpc) is 2.67. The van der Waals surface area contributed by atoms with Crippen LogP contribution in [0.2, 0.25) is 5.02 Å². The number of carbonyl (C=O) groups excluding carboxylic acids is 2. The number of rotatable bonds is 5. The summed E-state index contributed by atoms with van der Waals surface area (Å²) in [5.41, 5.74) is 3.95. The molecule has 148 valence electrons. The van der Waals surface area contributed by atoms with Gasteiger partial charge in [0.2, 0.25) is 5.91 Å². The van der Waals surface area contributed by atoms with E-state index in [1.807, 2.05) is 0 Å². The van der Waals surface area contributed by atoms with Gasteiger partial charge in [-0.2, -0.15) is 0 Å². The van der Waals surface area contributed by atoms with Crippen LogP contribution in [0.25, 0.3) is 11.4 Å². The first-order valence-corrected chi connectivity index (χ1v) is 8.54. The van der Waals surface area contributed by atoms with Crippen molar-refractivity contribution in [3.05, 3.63) is 81.2 Å². The maximum Gasteiger partial charge on any atom is 0.267 e. The molecule has 3 N–H and O–H groups in total. The third kappa shape index (κ3) is 4.46. The molecule has 0 unspecified atom stereocenters. The first-order valence-electron chi connectivity index (χ1n) is 8.16. The monoisotopic (exact) mass is 418 g/mol. The van der Waals surface area contributed by atoms with Gasteiger partial charge in [0.05, 0.1) is 5.69 Å². The van der Waals surface area contributed by atoms with Crippen LogP contribution >= 0.6 is 11.6 Å². The third-order valence-electron chi connectivity index (χ3n) is 3.92. The number of hydrogen-bond acceptors (Lipinski definition) is 4. The van der Waals surface area contributed by atoms with Gasteiger partial charge in [-0.05, 0) is 36.4 Å². The topological polar surface area (TPSA) is 107 Å². The number of primary amides is 1. The van der Waals surface area contributed by atoms with E-state index in [4.69, 9.17) is 17.3 Å². The molecular weight excluding hydrogens is 406 g/mol. The van der Waals surface area contributed by atoms with Gasteiger partial charge in [-0.1, -0.05) is 11.6 Å². The van der Waals surface area contributed by atoms with Crippen LogP contribution in [0.1, 0.15) is 10.4 Å². The number of carbonyl (C=O) groups is 2. The molecule has 0 aliphatic heterocycles. The van der Waals surface area contributed by atoms with Gasteiger partial charge in [0.25, 0.3) is 11.5 Å². The van der Waals surface area contributed by atoms with Crippen LogP contribution in [-0.2, 0) is 11.3 Å². The highest BCUT2D eigenvalue weighted by Crippen LogP contribution is 2.20. The summed E-state index contributed by atoms with van der Waals surface area (Å²) in [6.45, 7) is -0.624. The molecule has 2 amide bonds. The molecule has 0 bridgehead atoms. The molecule has 0 saturated carbocycles. The van der Waals surface area contributed by atoms with Gasteiger partial charge in [-0.3, -0.25) is 19.0 Å². The summed E-state index contributed by atoms with van der Waals surface area (Å²) in [5.74, 6) is -3.40. The van der Waals surface area contributed by atoms with Gasteiger partial charge >= 0.3 is 0 Å². The molecule has 10 heteroatoms. The molecule has 0 aliphatic rings. The number of halogens is 3. The van der Waals surface area contributed by atoms with Crippen molar-refractivity contribution in [1.82, 2.24) is 9.55 Å². The molecule has 3 aromatic rings. The fourth-order valence-electron chi connectivity index (χ4n) is 2.56. The Balaban J connectivity index is 2.01. The quantitative estimate of drug-likeness (QED) is 0.664. The standard InChI is InChI=1S/C19H13ClF2N4O3/c20-11-3-1-10(2-4-11)18-24-8-13(17(23)28)19(29)26(18)9-16(27)25-15-7-12(21)5-6-14(15)22/h1-8H,9H2,(H2,23,28)(H,25,27). The highest BCUT2D eigenvalue weighted by atomic mass is 35.5. The molecule has 0 spiro atoms. The Labute approximate surface area is 167 Å². The van der Waals surface area contributed by atoms with Gasteiger partial charge in [-0.15, -0.1) is 0 Å². The predicted molar refractivity (Wildman–Crippen MR) is 102 cm³/mol. The Bertz CT molecular complexity index is 1160. The molecule has 0 radical (unpaired) electrons. The number of nitrogens with two attached hydrogens (primary N) is 1. The van der Waals surface area contributed by atoms with Crippen LogP contribution in [0.5, 0.6) is 0 Å². The Morgan fingerprint density at radius 1 is 1.14 bits per heavy atom. The van der Waals surface area contributed by atoms with Crippen LogP contribution in [0.3, 0.4) is 0 Å². The lowest BCUT2D eigenvalue weighted by Crippen LogP contribution is -2.34. The predicted octanol–water partition coefficient (Wildman–Crippen LogP) is 2.58. The smallest absolute Gasteiger partial charge is 0.267 e. The Morgan fingerprint density at radius 3 is 2.48 bits per heavy atom. The zero-order valence-corrected chi connectivity index (χ0v) is 15.4. The summed E-state index contributed by atoms with van der Waals surface area (Å²) in [4.78, 5) is 40.6. The minimum atomic E-state index is -1.02. The lowest BCUT2D eigenvalue weighted by molar-refractivity contribution is -0.116. The van der Waals surface area contributed by atoms with Crippen LogP contribution in [-0.4, -0.2) is 21.4 Å². The van der Waals surface area contributed by atoms with E-state index in [0.717, 1.165) is 29.0 Å². The first-order chi connectivity index (χ1) is 13.8. The molecule has 29 heavy (non-hydrogen) atoms. The van der Waals surface area contributed by atoms with E-state index in [9.17, 15) is 23.2 Å². The lowest BCUT2D eigenvalue weighted by Gasteiger charge is -2.13. The maximum absolute atomic E-state index is 13.8. The Morgan fingerprint density at radius 2 is 1.83 bits per heavy atom. The second-order valence-electron chi connectivity index (χ2n) is 5.93. The summed E-state index contributed by atoms with van der Waals surface area (Å²) in [6.07, 6.45) is 1.01. The van der Waals surface area contributed by atoms with E-state index in [2.05, 4.69) is 10.3 Å². The number of hydrogen-bond donors (Lipinski definition) is 2. The van der Waals surface area contributed by atoms with Gasteiger partial charge in [0.1, 0.15) is 29.6 Å². The maximum atomic E-state index is 13.8. The summed E-state index contributed by atoms with van der Waals surface area (Å²) in [6, 6.07) is 8.78. The molecule has 1 heterocycles. The van der Waals surface area contributed by atoms with Gasteiger partial charge < -0.3 is 11.1 Å². The van der Waals surface area contributed by atoms with Gasteiger partial charge in [0.15, 0.2) is 0 Å². The number of aromatic nitrogens is 2. The number of anilines is 1. The third-order valence-corrected chi connectivity index (χ3v) is 4.17. The first kappa shape index (κ1) is 20.2. The highest BCUT2D eigenvalue weighted by Gasteiger charge is 2.18. The Hall–Kier alpha value is -3.59. The molecule has 0 aliphatic carbocycles. The van der Waals surface area contributed by atoms with Crippen LogP contribution in [0.15, 0.2) is 53.5 Å². The second-order valence-corrected chi connectivity index (χ2v) is 6.37. The van der Waals surface area contributed by atoms with Crippen molar-refractivity contribution in [3.63, 3.8) is 0 Å². The van der Waals surface area contributed by atoms with Crippen molar-refractivity contribution in [2.45, 2.75) is 6.54 Å². The molecule has 3 rings (SSSR count). The molecule has 0 atom stereocenters. The van der Waals surface area contributed by atoms with E-state index in [-0.39, 0.29) is 5.82 Å². The minimum absolute atomic E-state index is 0.0616. The number of amides is 2. The molecular formula is C19H13ClF2N4O3. The van der Waals surface area contributed by atoms with Gasteiger partial charge in [-0.25, -0.2) is 13.8 Å². The second kappa shape index (κ2) is 8.19. The van der Waals surface area contributed by atoms with Crippen LogP contribution in [0.4, 0.5) is 14.5 Å². The zero-order chi connectivity index (χ0) is 21.1. The molecule has 7 nitrogen and oxygen atoms in total. The number of nitrogens with one attached hydrogen (secondary N) is 1. The summed E-state index contributed by atoms with van der Waals surface area (Å²) >= 11 is 5.86. The van der Waals surface area contributed by atoms with Crippen molar-refractivity contribution < 1.29 is 18.4 Å². The number of benzene rings is 2. The van der Waals surface area contributed by atoms with E-state index < -0.39 is 46.8 Å². The largest absolute Gasteiger partial charge is 0.365 e. The number of nitrogens with zero attached hydrogens (tertiary/aromatic N) is 2. The van der Waals surface area contributed by atoms with E-state index in [1.165, 1.54) is 0 Å². The normalized spacial score (nSPS) is 10.6. The fourth-order valence-corrected chi connectivity index (χ4v) is 2.69. The van der Waals surface area contributed by atoms with E-state index in [0.29, 0.717) is 10.6 Å². The SMILES string of the molecule is NC(=O)c1cnc(-c2ccc(Cl)cc2)n(CC(=O)Nc2cc(F)ccc2F)c1=O. The van der Waals surface area contributed by atoms with Gasteiger partial charge in [0, 0.05) is 22.8 Å². The molecule has 2 aromatic carbocycles. The summed E-state index contributed by atoms with van der Waals surface area (Å²) < 4.78 is 28.0. The van der Waals surface area contributed by atoms with E-state index in [1.54, 1.807) is 24.3 Å². The zero-order valence-electron chi connectivity index (χ0n) is 14.7. The Kier molecular flexibility index (Phi) is 5.69. The van der Waals surface area contributed by atoms with Crippen molar-refractivity contribution >= 4 is 29.1 Å². The van der Waals surface area contributed by atoms with Crippen molar-refractivity contribution in [3.8, 4) is 11.4 Å². The minimum Gasteiger partial charge on any atom is -0.365 e. The van der Waals surface area contributed by atoms with Crippen molar-refractivity contribution in [2.24, 2.45) is 5.73 Å². The van der Waals surface area contributed by atoms with Crippen molar-refractivity contribution in [1.29, 1.82) is 0 Å². The fraction of sp³-hybridized carbons (Fsp3) is 0.0526. The molecule has 0 saturated heterocycles. The summed E-state index contributed by atoms with van der Waals surface area (Å²) in [5, 5.41) is 2.62. The lowest BCUT2D eigenvalue weighted by atomic mass is 10.2.